The third-order valence-electron chi connectivity index (χ3n) is 5.97. The van der Waals surface area contributed by atoms with Gasteiger partial charge in [0.05, 0.1) is 42.5 Å². The molecule has 34 heavy (non-hydrogen) atoms. The van der Waals surface area contributed by atoms with Crippen LogP contribution in [0.3, 0.4) is 0 Å². The molecular formula is C22H21F3N6O3. The van der Waals surface area contributed by atoms with Crippen LogP contribution in [0.1, 0.15) is 15.9 Å². The third kappa shape index (κ3) is 4.04. The van der Waals surface area contributed by atoms with Gasteiger partial charge < -0.3 is 19.9 Å². The molecule has 0 radical (unpaired) electrons. The number of aryl methyl sites for hydroxylation is 1. The van der Waals surface area contributed by atoms with Gasteiger partial charge in [0, 0.05) is 25.5 Å². The van der Waals surface area contributed by atoms with Gasteiger partial charge in [0.2, 0.25) is 5.91 Å². The number of hydrogen-bond donors (Lipinski definition) is 1. The topological polar surface area (TPSA) is 92.6 Å². The number of pyridine rings is 1. The summed E-state index contributed by atoms with van der Waals surface area (Å²) in [6.07, 6.45) is -3.23. The number of amides is 2. The van der Waals surface area contributed by atoms with Gasteiger partial charge in [-0.3, -0.25) is 14.3 Å². The van der Waals surface area contributed by atoms with Crippen LogP contribution in [-0.2, 0) is 23.1 Å². The standard InChI is InChI=1S/C22H21F3N6O3/c1-29-20-14(8-27-29)7-15(9-26-20)28-16-4-2-3-13-10-31(21(33)19(13)16)12-18(32)30-5-6-34-17(11-30)22(23,24)25/h2-4,7-9,17,28H,5-6,10-12H2,1H3. The van der Waals surface area contributed by atoms with Crippen LogP contribution in [0.15, 0.2) is 36.7 Å². The summed E-state index contributed by atoms with van der Waals surface area (Å²) >= 11 is 0. The Hall–Kier alpha value is -3.67. The maximum Gasteiger partial charge on any atom is 0.416 e. The molecule has 2 aliphatic rings. The number of aromatic nitrogens is 3. The Morgan fingerprint density at radius 1 is 1.29 bits per heavy atom. The highest BCUT2D eigenvalue weighted by Gasteiger charge is 2.44. The van der Waals surface area contributed by atoms with Gasteiger partial charge in [-0.25, -0.2) is 4.98 Å². The summed E-state index contributed by atoms with van der Waals surface area (Å²) in [5.74, 6) is -0.901. The molecule has 0 spiro atoms. The van der Waals surface area contributed by atoms with Gasteiger partial charge in [0.1, 0.15) is 6.54 Å². The number of benzene rings is 1. The first-order valence-corrected chi connectivity index (χ1v) is 10.6. The van der Waals surface area contributed by atoms with Gasteiger partial charge in [-0.15, -0.1) is 0 Å². The second-order valence-corrected chi connectivity index (χ2v) is 8.27. The minimum atomic E-state index is -4.55. The maximum absolute atomic E-state index is 13.1. The van der Waals surface area contributed by atoms with E-state index in [2.05, 4.69) is 15.4 Å². The zero-order chi connectivity index (χ0) is 24.0. The van der Waals surface area contributed by atoms with Crippen molar-refractivity contribution in [1.82, 2.24) is 24.6 Å². The quantitative estimate of drug-likeness (QED) is 0.625. The Bertz CT molecular complexity index is 1270. The van der Waals surface area contributed by atoms with E-state index in [1.807, 2.05) is 6.07 Å². The lowest BCUT2D eigenvalue weighted by molar-refractivity contribution is -0.236. The lowest BCUT2D eigenvalue weighted by Crippen LogP contribution is -2.53. The lowest BCUT2D eigenvalue weighted by atomic mass is 10.1. The predicted octanol–water partition coefficient (Wildman–Crippen LogP) is 2.46. The van der Waals surface area contributed by atoms with Crippen LogP contribution in [-0.4, -0.2) is 74.9 Å². The van der Waals surface area contributed by atoms with Crippen molar-refractivity contribution in [2.45, 2.75) is 18.8 Å². The summed E-state index contributed by atoms with van der Waals surface area (Å²) in [4.78, 5) is 32.7. The molecule has 1 atom stereocenters. The van der Waals surface area contributed by atoms with E-state index in [9.17, 15) is 22.8 Å². The number of carbonyl (C=O) groups excluding carboxylic acids is 2. The smallest absolute Gasteiger partial charge is 0.365 e. The second kappa shape index (κ2) is 8.28. The van der Waals surface area contributed by atoms with Crippen molar-refractivity contribution in [2.24, 2.45) is 7.05 Å². The highest BCUT2D eigenvalue weighted by atomic mass is 19.4. The maximum atomic E-state index is 13.1. The monoisotopic (exact) mass is 474 g/mol. The fraction of sp³-hybridized carbons (Fsp3) is 0.364. The summed E-state index contributed by atoms with van der Waals surface area (Å²) in [6, 6.07) is 7.21. The molecule has 12 heteroatoms. The van der Waals surface area contributed by atoms with Gasteiger partial charge in [-0.05, 0) is 17.7 Å². The van der Waals surface area contributed by atoms with E-state index in [1.54, 1.807) is 42.3 Å². The minimum absolute atomic E-state index is 0.0526. The average Bonchev–Trinajstić information content (AvgIpc) is 3.33. The van der Waals surface area contributed by atoms with Crippen molar-refractivity contribution < 1.29 is 27.5 Å². The summed E-state index contributed by atoms with van der Waals surface area (Å²) in [5.41, 5.74) is 3.11. The number of alkyl halides is 3. The van der Waals surface area contributed by atoms with Crippen molar-refractivity contribution >= 4 is 34.2 Å². The molecule has 2 amide bonds. The number of anilines is 2. The molecule has 9 nitrogen and oxygen atoms in total. The molecular weight excluding hydrogens is 453 g/mol. The molecule has 1 unspecified atom stereocenters. The third-order valence-corrected chi connectivity index (χ3v) is 5.97. The highest BCUT2D eigenvalue weighted by Crippen LogP contribution is 2.32. The predicted molar refractivity (Wildman–Crippen MR) is 115 cm³/mol. The number of nitrogens with one attached hydrogen (secondary N) is 1. The fourth-order valence-electron chi connectivity index (χ4n) is 4.26. The Balaban J connectivity index is 1.31. The summed E-state index contributed by atoms with van der Waals surface area (Å²) in [7, 11) is 1.79. The Labute approximate surface area is 192 Å². The number of hydrogen-bond acceptors (Lipinski definition) is 6. The number of ether oxygens (including phenoxy) is 1. The molecule has 2 aromatic heterocycles. The zero-order valence-electron chi connectivity index (χ0n) is 18.2. The second-order valence-electron chi connectivity index (χ2n) is 8.27. The molecule has 178 valence electrons. The first-order chi connectivity index (χ1) is 16.2. The van der Waals surface area contributed by atoms with E-state index >= 15 is 0 Å². The first kappa shape index (κ1) is 22.1. The van der Waals surface area contributed by atoms with Crippen molar-refractivity contribution in [3.8, 4) is 0 Å². The van der Waals surface area contributed by atoms with E-state index in [0.29, 0.717) is 16.9 Å². The Morgan fingerprint density at radius 3 is 2.91 bits per heavy atom. The Kier molecular flexibility index (Phi) is 5.39. The molecule has 0 aliphatic carbocycles. The molecule has 1 saturated heterocycles. The Morgan fingerprint density at radius 2 is 2.12 bits per heavy atom. The molecule has 1 aromatic carbocycles. The molecule has 2 aliphatic heterocycles. The molecule has 1 fully saturated rings. The largest absolute Gasteiger partial charge is 0.416 e. The van der Waals surface area contributed by atoms with Crippen molar-refractivity contribution in [2.75, 3.05) is 31.6 Å². The van der Waals surface area contributed by atoms with E-state index in [-0.39, 0.29) is 32.1 Å². The first-order valence-electron chi connectivity index (χ1n) is 10.6. The molecule has 4 heterocycles. The number of morpholine rings is 1. The molecule has 0 saturated carbocycles. The van der Waals surface area contributed by atoms with Crippen LogP contribution in [0.25, 0.3) is 11.0 Å². The number of rotatable bonds is 4. The van der Waals surface area contributed by atoms with E-state index in [0.717, 1.165) is 21.5 Å². The van der Waals surface area contributed by atoms with Crippen molar-refractivity contribution in [3.05, 3.63) is 47.8 Å². The molecule has 3 aromatic rings. The van der Waals surface area contributed by atoms with Gasteiger partial charge in [0.15, 0.2) is 11.8 Å². The zero-order valence-corrected chi connectivity index (χ0v) is 18.2. The lowest BCUT2D eigenvalue weighted by Gasteiger charge is -2.34. The number of fused-ring (bicyclic) bond motifs is 2. The minimum Gasteiger partial charge on any atom is -0.365 e. The van der Waals surface area contributed by atoms with Crippen LogP contribution in [0.4, 0.5) is 24.5 Å². The van der Waals surface area contributed by atoms with E-state index in [4.69, 9.17) is 4.74 Å². The van der Waals surface area contributed by atoms with Crippen LogP contribution in [0.2, 0.25) is 0 Å². The van der Waals surface area contributed by atoms with Crippen LogP contribution >= 0.6 is 0 Å². The number of nitrogens with zero attached hydrogens (tertiary/aromatic N) is 5. The highest BCUT2D eigenvalue weighted by molar-refractivity contribution is 6.05. The van der Waals surface area contributed by atoms with Gasteiger partial charge in [0.25, 0.3) is 5.91 Å². The van der Waals surface area contributed by atoms with Gasteiger partial charge >= 0.3 is 6.18 Å². The summed E-state index contributed by atoms with van der Waals surface area (Å²) < 4.78 is 45.4. The SMILES string of the molecule is Cn1ncc2cc(Nc3cccc4c3C(=O)N(CC(=O)N3CCOC(C(F)(F)F)C3)C4)cnc21. The van der Waals surface area contributed by atoms with Crippen molar-refractivity contribution in [3.63, 3.8) is 0 Å². The molecule has 5 rings (SSSR count). The number of halogens is 3. The normalized spacial score (nSPS) is 18.5. The average molecular weight is 474 g/mol. The van der Waals surface area contributed by atoms with Gasteiger partial charge in [-0.2, -0.15) is 18.3 Å². The van der Waals surface area contributed by atoms with Crippen LogP contribution in [0, 0.1) is 0 Å². The van der Waals surface area contributed by atoms with Gasteiger partial charge in [-0.1, -0.05) is 12.1 Å². The van der Waals surface area contributed by atoms with E-state index in [1.165, 1.54) is 4.90 Å². The van der Waals surface area contributed by atoms with Crippen LogP contribution in [0.5, 0.6) is 0 Å². The van der Waals surface area contributed by atoms with Crippen LogP contribution < -0.4 is 5.32 Å². The summed E-state index contributed by atoms with van der Waals surface area (Å²) in [6.45, 7) is -0.832. The molecule has 1 N–H and O–H groups in total. The van der Waals surface area contributed by atoms with Crippen molar-refractivity contribution in [1.29, 1.82) is 0 Å². The van der Waals surface area contributed by atoms with E-state index < -0.39 is 24.7 Å². The summed E-state index contributed by atoms with van der Waals surface area (Å²) in [5, 5.41) is 8.21. The molecule has 0 bridgehead atoms. The fourth-order valence-corrected chi connectivity index (χ4v) is 4.26. The number of carbonyl (C=O) groups is 2.